The number of nitrogens with one attached hydrogen (secondary N) is 1. The summed E-state index contributed by atoms with van der Waals surface area (Å²) >= 11 is 0. The van der Waals surface area contributed by atoms with Crippen LogP contribution in [0.25, 0.3) is 0 Å². The van der Waals surface area contributed by atoms with Crippen molar-refractivity contribution in [1.82, 2.24) is 5.32 Å². The van der Waals surface area contributed by atoms with Gasteiger partial charge in [0.1, 0.15) is 5.60 Å². The van der Waals surface area contributed by atoms with E-state index in [1.807, 2.05) is 6.92 Å². The smallest absolute Gasteiger partial charge is 0.220 e. The number of hydrogen-bond acceptors (Lipinski definition) is 4. The molecule has 1 fully saturated rings. The lowest BCUT2D eigenvalue weighted by Crippen LogP contribution is -2.47. The fourth-order valence-electron chi connectivity index (χ4n) is 2.52. The summed E-state index contributed by atoms with van der Waals surface area (Å²) in [6, 6.07) is 0. The number of nitrogens with two attached hydrogens (primary N) is 1. The van der Waals surface area contributed by atoms with Crippen molar-refractivity contribution in [2.45, 2.75) is 51.7 Å². The van der Waals surface area contributed by atoms with Crippen molar-refractivity contribution < 1.29 is 14.6 Å². The van der Waals surface area contributed by atoms with Gasteiger partial charge in [-0.3, -0.25) is 4.79 Å². The highest BCUT2D eigenvalue weighted by Gasteiger charge is 2.39. The lowest BCUT2D eigenvalue weighted by atomic mass is 9.93. The molecule has 4 N–H and O–H groups in total. The maximum Gasteiger partial charge on any atom is 0.220 e. The molecule has 1 rings (SSSR count). The highest BCUT2D eigenvalue weighted by Crippen LogP contribution is 2.24. The monoisotopic (exact) mass is 272 g/mol. The number of carbonyl (C=O) groups is 1. The van der Waals surface area contributed by atoms with E-state index < -0.39 is 5.60 Å². The van der Waals surface area contributed by atoms with Crippen molar-refractivity contribution >= 4 is 5.91 Å². The van der Waals surface area contributed by atoms with Gasteiger partial charge in [-0.05, 0) is 31.7 Å². The summed E-state index contributed by atoms with van der Waals surface area (Å²) in [6.45, 7) is 7.41. The number of rotatable bonds is 7. The Kier molecular flexibility index (Phi) is 6.23. The second kappa shape index (κ2) is 7.22. The number of ether oxygens (including phenoxy) is 1. The molecule has 0 bridgehead atoms. The topological polar surface area (TPSA) is 84.6 Å². The fourth-order valence-corrected chi connectivity index (χ4v) is 2.52. The van der Waals surface area contributed by atoms with Crippen molar-refractivity contribution in [3.05, 3.63) is 0 Å². The Balaban J connectivity index is 2.34. The van der Waals surface area contributed by atoms with Crippen LogP contribution in [0.1, 0.15) is 40.0 Å². The zero-order chi connectivity index (χ0) is 14.5. The number of carbonyl (C=O) groups excluding carboxylic acids is 1. The molecule has 0 aromatic carbocycles. The third kappa shape index (κ3) is 5.09. The molecule has 0 radical (unpaired) electrons. The average Bonchev–Trinajstić information content (AvgIpc) is 2.66. The van der Waals surface area contributed by atoms with E-state index in [1.54, 1.807) is 0 Å². The van der Waals surface area contributed by atoms with Crippen LogP contribution in [-0.4, -0.2) is 42.4 Å². The molecule has 0 saturated carbocycles. The van der Waals surface area contributed by atoms with Gasteiger partial charge in [-0.1, -0.05) is 13.8 Å². The predicted octanol–water partition coefficient (Wildman–Crippen LogP) is 0.654. The van der Waals surface area contributed by atoms with Gasteiger partial charge in [-0.15, -0.1) is 0 Å². The minimum Gasteiger partial charge on any atom is -0.385 e. The van der Waals surface area contributed by atoms with Crippen molar-refractivity contribution in [3.63, 3.8) is 0 Å². The predicted molar refractivity (Wildman–Crippen MR) is 74.6 cm³/mol. The molecule has 19 heavy (non-hydrogen) atoms. The molecule has 1 aliphatic rings. The van der Waals surface area contributed by atoms with Crippen LogP contribution in [0.4, 0.5) is 0 Å². The maximum absolute atomic E-state index is 11.9. The van der Waals surface area contributed by atoms with Gasteiger partial charge in [0.05, 0.1) is 6.10 Å². The summed E-state index contributed by atoms with van der Waals surface area (Å²) < 4.78 is 5.33. The van der Waals surface area contributed by atoms with Gasteiger partial charge in [-0.25, -0.2) is 0 Å². The Labute approximate surface area is 115 Å². The standard InChI is InChI=1S/C14H28N2O3/c1-10(2)6-12(8-15)7-13(17)16-9-14(18)4-5-19-11(14)3/h10-12,18H,4-9,15H2,1-3H3,(H,16,17)/t11?,12-,14?/m0/s1. The second-order valence-electron chi connectivity index (χ2n) is 6.08. The Morgan fingerprint density at radius 1 is 1.58 bits per heavy atom. The minimum atomic E-state index is -0.925. The van der Waals surface area contributed by atoms with E-state index in [-0.39, 0.29) is 24.5 Å². The molecule has 0 aromatic heterocycles. The van der Waals surface area contributed by atoms with E-state index in [2.05, 4.69) is 19.2 Å². The average molecular weight is 272 g/mol. The summed E-state index contributed by atoms with van der Waals surface area (Å²) in [5.74, 6) is 0.712. The molecule has 1 aliphatic heterocycles. The molecule has 5 heteroatoms. The van der Waals surface area contributed by atoms with Crippen molar-refractivity contribution in [3.8, 4) is 0 Å². The maximum atomic E-state index is 11.9. The number of hydrogen-bond donors (Lipinski definition) is 3. The molecule has 5 nitrogen and oxygen atoms in total. The first-order valence-corrected chi connectivity index (χ1v) is 7.18. The largest absolute Gasteiger partial charge is 0.385 e. The lowest BCUT2D eigenvalue weighted by Gasteiger charge is -2.26. The molecule has 0 aliphatic carbocycles. The summed E-state index contributed by atoms with van der Waals surface area (Å²) in [7, 11) is 0. The summed E-state index contributed by atoms with van der Waals surface area (Å²) in [4.78, 5) is 11.9. The number of amides is 1. The molecule has 112 valence electrons. The van der Waals surface area contributed by atoms with Crippen LogP contribution in [0.15, 0.2) is 0 Å². The summed E-state index contributed by atoms with van der Waals surface area (Å²) in [5, 5.41) is 13.1. The first-order chi connectivity index (χ1) is 8.87. The van der Waals surface area contributed by atoms with E-state index in [0.29, 0.717) is 31.9 Å². The molecule has 1 amide bonds. The van der Waals surface area contributed by atoms with Crippen molar-refractivity contribution in [2.24, 2.45) is 17.6 Å². The van der Waals surface area contributed by atoms with Crippen LogP contribution >= 0.6 is 0 Å². The molecule has 1 heterocycles. The van der Waals surface area contributed by atoms with Gasteiger partial charge >= 0.3 is 0 Å². The van der Waals surface area contributed by atoms with E-state index >= 15 is 0 Å². The fraction of sp³-hybridized carbons (Fsp3) is 0.929. The normalized spacial score (nSPS) is 28.6. The molecule has 2 unspecified atom stereocenters. The Hall–Kier alpha value is -0.650. The quantitative estimate of drug-likeness (QED) is 0.635. The Morgan fingerprint density at radius 2 is 2.26 bits per heavy atom. The van der Waals surface area contributed by atoms with Gasteiger partial charge < -0.3 is 20.9 Å². The summed E-state index contributed by atoms with van der Waals surface area (Å²) in [5.41, 5.74) is 4.76. The Bertz CT molecular complexity index is 296. The van der Waals surface area contributed by atoms with E-state index in [4.69, 9.17) is 10.5 Å². The number of aliphatic hydroxyl groups is 1. The van der Waals surface area contributed by atoms with Gasteiger partial charge in [0.15, 0.2) is 0 Å². The van der Waals surface area contributed by atoms with Gasteiger partial charge in [0.2, 0.25) is 5.91 Å². The third-order valence-electron chi connectivity index (χ3n) is 3.86. The molecule has 0 aromatic rings. The van der Waals surface area contributed by atoms with E-state index in [1.165, 1.54) is 0 Å². The van der Waals surface area contributed by atoms with Crippen LogP contribution in [-0.2, 0) is 9.53 Å². The minimum absolute atomic E-state index is 0.0383. The first-order valence-electron chi connectivity index (χ1n) is 7.18. The Morgan fingerprint density at radius 3 is 2.74 bits per heavy atom. The van der Waals surface area contributed by atoms with Gasteiger partial charge in [0, 0.05) is 26.0 Å². The van der Waals surface area contributed by atoms with Crippen molar-refractivity contribution in [2.75, 3.05) is 19.7 Å². The van der Waals surface area contributed by atoms with Gasteiger partial charge in [0.25, 0.3) is 0 Å². The third-order valence-corrected chi connectivity index (χ3v) is 3.86. The molecular formula is C14H28N2O3. The molecule has 3 atom stereocenters. The SMILES string of the molecule is CC(C)C[C@H](CN)CC(=O)NCC1(O)CCOC1C. The zero-order valence-corrected chi connectivity index (χ0v) is 12.3. The first kappa shape index (κ1) is 16.4. The van der Waals surface area contributed by atoms with Crippen molar-refractivity contribution in [1.29, 1.82) is 0 Å². The van der Waals surface area contributed by atoms with Crippen LogP contribution in [0, 0.1) is 11.8 Å². The highest BCUT2D eigenvalue weighted by atomic mass is 16.5. The summed E-state index contributed by atoms with van der Waals surface area (Å²) in [6.07, 6.45) is 1.72. The van der Waals surface area contributed by atoms with Crippen LogP contribution < -0.4 is 11.1 Å². The van der Waals surface area contributed by atoms with Gasteiger partial charge in [-0.2, -0.15) is 0 Å². The van der Waals surface area contributed by atoms with Crippen LogP contribution in [0.2, 0.25) is 0 Å². The highest BCUT2D eigenvalue weighted by molar-refractivity contribution is 5.76. The van der Waals surface area contributed by atoms with Crippen LogP contribution in [0.5, 0.6) is 0 Å². The van der Waals surface area contributed by atoms with E-state index in [0.717, 1.165) is 6.42 Å². The van der Waals surface area contributed by atoms with Crippen LogP contribution in [0.3, 0.4) is 0 Å². The van der Waals surface area contributed by atoms with E-state index in [9.17, 15) is 9.90 Å². The lowest BCUT2D eigenvalue weighted by molar-refractivity contribution is -0.123. The molecule has 1 saturated heterocycles. The zero-order valence-electron chi connectivity index (χ0n) is 12.3. The molecular weight excluding hydrogens is 244 g/mol. The molecule has 0 spiro atoms. The second-order valence-corrected chi connectivity index (χ2v) is 6.08.